The van der Waals surface area contributed by atoms with Crippen molar-refractivity contribution in [2.75, 3.05) is 6.54 Å². The summed E-state index contributed by atoms with van der Waals surface area (Å²) in [6, 6.07) is 0. The summed E-state index contributed by atoms with van der Waals surface area (Å²) in [4.78, 5) is 13.3. The Balaban J connectivity index is 2.26. The number of likely N-dealkylation sites (tertiary alicyclic amines) is 1. The molecule has 6 nitrogen and oxygen atoms in total. The molecule has 0 aromatic rings. The molecule has 0 aromatic heterocycles. The average molecular weight is 399 g/mol. The molecule has 0 radical (unpaired) electrons. The van der Waals surface area contributed by atoms with Crippen molar-refractivity contribution >= 4 is 16.2 Å². The third-order valence-electron chi connectivity index (χ3n) is 4.55. The predicted molar refractivity (Wildman–Crippen MR) is 87.4 cm³/mol. The Bertz CT molecular complexity index is 668. The standard InChI is InChI=1S/C16H24F3NO5S/c1-14(2,3)24-13(21)20-10-9-15(7-5-4-6-8-15)11-12(20)25-26(22,23)16(17,18)19/h4-5,12H,6-11H2,1-3H3. The number of alkyl halides is 3. The van der Waals surface area contributed by atoms with Gasteiger partial charge in [-0.2, -0.15) is 21.6 Å². The minimum absolute atomic E-state index is 0.00585. The molecule has 2 rings (SSSR count). The number of hydrogen-bond acceptors (Lipinski definition) is 5. The van der Waals surface area contributed by atoms with Crippen LogP contribution in [0.2, 0.25) is 0 Å². The number of hydrogen-bond donors (Lipinski definition) is 0. The molecule has 0 N–H and O–H groups in total. The van der Waals surface area contributed by atoms with Crippen molar-refractivity contribution in [1.82, 2.24) is 4.90 Å². The van der Waals surface area contributed by atoms with Gasteiger partial charge in [-0.25, -0.2) is 8.98 Å². The van der Waals surface area contributed by atoms with Crippen LogP contribution in [-0.4, -0.2) is 43.3 Å². The third-order valence-corrected chi connectivity index (χ3v) is 5.59. The fourth-order valence-corrected chi connectivity index (χ4v) is 3.83. The van der Waals surface area contributed by atoms with Crippen LogP contribution in [0.4, 0.5) is 18.0 Å². The van der Waals surface area contributed by atoms with Crippen LogP contribution in [-0.2, 0) is 19.0 Å². The average Bonchev–Trinajstić information content (AvgIpc) is 2.44. The lowest BCUT2D eigenvalue weighted by atomic mass is 9.70. The van der Waals surface area contributed by atoms with Gasteiger partial charge in [0.15, 0.2) is 6.23 Å². The maximum Gasteiger partial charge on any atom is 0.523 e. The number of carbonyl (C=O) groups is 1. The van der Waals surface area contributed by atoms with E-state index in [2.05, 4.69) is 4.18 Å². The molecular weight excluding hydrogens is 375 g/mol. The van der Waals surface area contributed by atoms with Crippen LogP contribution >= 0.6 is 0 Å². The zero-order chi connectivity index (χ0) is 19.8. The van der Waals surface area contributed by atoms with Crippen molar-refractivity contribution < 1.29 is 35.3 Å². The highest BCUT2D eigenvalue weighted by Crippen LogP contribution is 2.45. The van der Waals surface area contributed by atoms with Gasteiger partial charge >= 0.3 is 21.7 Å². The summed E-state index contributed by atoms with van der Waals surface area (Å²) in [7, 11) is -5.83. The Kier molecular flexibility index (Phi) is 5.68. The summed E-state index contributed by atoms with van der Waals surface area (Å²) in [6.07, 6.45) is 4.10. The van der Waals surface area contributed by atoms with Crippen LogP contribution in [0.1, 0.15) is 52.9 Å². The van der Waals surface area contributed by atoms with Gasteiger partial charge in [0.2, 0.25) is 0 Å². The summed E-state index contributed by atoms with van der Waals surface area (Å²) in [6.45, 7) is 4.92. The lowest BCUT2D eigenvalue weighted by molar-refractivity contribution is -0.0905. The van der Waals surface area contributed by atoms with Crippen LogP contribution in [0.15, 0.2) is 12.2 Å². The van der Waals surface area contributed by atoms with Crippen molar-refractivity contribution in [3.05, 3.63) is 12.2 Å². The largest absolute Gasteiger partial charge is 0.523 e. The molecule has 150 valence electrons. The monoisotopic (exact) mass is 399 g/mol. The minimum Gasteiger partial charge on any atom is -0.444 e. The summed E-state index contributed by atoms with van der Waals surface area (Å²) in [5, 5.41) is 0. The summed E-state index contributed by atoms with van der Waals surface area (Å²) >= 11 is 0. The molecule has 1 aliphatic carbocycles. The topological polar surface area (TPSA) is 72.9 Å². The number of halogens is 3. The Hall–Kier alpha value is -1.29. The van der Waals surface area contributed by atoms with E-state index in [1.807, 2.05) is 12.2 Å². The molecule has 2 aliphatic rings. The SMILES string of the molecule is CC(C)(C)OC(=O)N1CCC2(CC=CCC2)CC1OS(=O)(=O)C(F)(F)F. The van der Waals surface area contributed by atoms with E-state index < -0.39 is 33.5 Å². The molecule has 2 atom stereocenters. The van der Waals surface area contributed by atoms with E-state index in [0.717, 1.165) is 11.3 Å². The summed E-state index contributed by atoms with van der Waals surface area (Å²) < 4.78 is 71.0. The zero-order valence-electron chi connectivity index (χ0n) is 15.0. The molecule has 0 saturated carbocycles. The van der Waals surface area contributed by atoms with E-state index in [9.17, 15) is 26.4 Å². The highest BCUT2D eigenvalue weighted by molar-refractivity contribution is 7.87. The van der Waals surface area contributed by atoms with E-state index in [4.69, 9.17) is 4.74 Å². The molecule has 1 fully saturated rings. The highest BCUT2D eigenvalue weighted by Gasteiger charge is 2.52. The maximum atomic E-state index is 12.8. The van der Waals surface area contributed by atoms with E-state index in [-0.39, 0.29) is 18.4 Å². The second-order valence-electron chi connectivity index (χ2n) is 7.79. The van der Waals surface area contributed by atoms with Crippen molar-refractivity contribution in [2.24, 2.45) is 5.41 Å². The van der Waals surface area contributed by atoms with E-state index >= 15 is 0 Å². The Morgan fingerprint density at radius 2 is 1.85 bits per heavy atom. The first-order valence-corrected chi connectivity index (χ1v) is 9.80. The molecule has 2 unspecified atom stereocenters. The molecular formula is C16H24F3NO5S. The fourth-order valence-electron chi connectivity index (χ4n) is 3.26. The van der Waals surface area contributed by atoms with Gasteiger partial charge in [0.05, 0.1) is 0 Å². The van der Waals surface area contributed by atoms with E-state index in [1.165, 1.54) is 0 Å². The quantitative estimate of drug-likeness (QED) is 0.400. The smallest absolute Gasteiger partial charge is 0.444 e. The fraction of sp³-hybridized carbons (Fsp3) is 0.812. The number of rotatable bonds is 2. The predicted octanol–water partition coefficient (Wildman–Crippen LogP) is 3.94. The Morgan fingerprint density at radius 1 is 1.19 bits per heavy atom. The van der Waals surface area contributed by atoms with Crippen LogP contribution in [0.5, 0.6) is 0 Å². The lowest BCUT2D eigenvalue weighted by Crippen LogP contribution is -2.53. The molecule has 1 amide bonds. The second kappa shape index (κ2) is 7.03. The van der Waals surface area contributed by atoms with Gasteiger partial charge in [0, 0.05) is 6.54 Å². The van der Waals surface area contributed by atoms with Crippen molar-refractivity contribution in [3.63, 3.8) is 0 Å². The Morgan fingerprint density at radius 3 is 2.35 bits per heavy atom. The molecule has 1 heterocycles. The number of nitrogens with zero attached hydrogens (tertiary/aromatic N) is 1. The maximum absolute atomic E-state index is 12.8. The van der Waals surface area contributed by atoms with Gasteiger partial charge in [-0.05, 0) is 58.3 Å². The minimum atomic E-state index is -5.83. The Labute approximate surface area is 151 Å². The zero-order valence-corrected chi connectivity index (χ0v) is 15.8. The van der Waals surface area contributed by atoms with Crippen molar-refractivity contribution in [2.45, 2.75) is 70.2 Å². The molecule has 0 bridgehead atoms. The second-order valence-corrected chi connectivity index (χ2v) is 9.36. The van der Waals surface area contributed by atoms with E-state index in [1.54, 1.807) is 20.8 Å². The third kappa shape index (κ3) is 4.91. The summed E-state index contributed by atoms with van der Waals surface area (Å²) in [5.41, 5.74) is -6.80. The normalized spacial score (nSPS) is 27.6. The van der Waals surface area contributed by atoms with Gasteiger partial charge in [-0.1, -0.05) is 12.2 Å². The molecule has 26 heavy (non-hydrogen) atoms. The van der Waals surface area contributed by atoms with Crippen LogP contribution in [0, 0.1) is 5.41 Å². The molecule has 1 spiro atoms. The number of allylic oxidation sites excluding steroid dienone is 2. The number of piperidine rings is 1. The molecule has 10 heteroatoms. The van der Waals surface area contributed by atoms with Crippen molar-refractivity contribution in [1.29, 1.82) is 0 Å². The first-order chi connectivity index (χ1) is 11.7. The van der Waals surface area contributed by atoms with Gasteiger partial charge in [0.25, 0.3) is 0 Å². The van der Waals surface area contributed by atoms with Gasteiger partial charge in [0.1, 0.15) is 5.60 Å². The first-order valence-electron chi connectivity index (χ1n) is 8.39. The summed E-state index contributed by atoms with van der Waals surface area (Å²) in [5.74, 6) is 0. The molecule has 0 aromatic carbocycles. The first kappa shape index (κ1) is 21.0. The number of carbonyl (C=O) groups excluding carboxylic acids is 1. The number of ether oxygens (including phenoxy) is 1. The highest BCUT2D eigenvalue weighted by atomic mass is 32.2. The molecule has 1 aliphatic heterocycles. The number of amides is 1. The van der Waals surface area contributed by atoms with Gasteiger partial charge in [-0.15, -0.1) is 0 Å². The van der Waals surface area contributed by atoms with Crippen molar-refractivity contribution in [3.8, 4) is 0 Å². The van der Waals surface area contributed by atoms with Gasteiger partial charge < -0.3 is 4.74 Å². The van der Waals surface area contributed by atoms with Crippen LogP contribution < -0.4 is 0 Å². The van der Waals surface area contributed by atoms with E-state index in [0.29, 0.717) is 19.3 Å². The van der Waals surface area contributed by atoms with Crippen LogP contribution in [0.25, 0.3) is 0 Å². The van der Waals surface area contributed by atoms with Crippen LogP contribution in [0.3, 0.4) is 0 Å². The van der Waals surface area contributed by atoms with Gasteiger partial charge in [-0.3, -0.25) is 4.90 Å². The lowest BCUT2D eigenvalue weighted by Gasteiger charge is -2.46. The molecule has 1 saturated heterocycles.